The number of halogens is 1. The van der Waals surface area contributed by atoms with Gasteiger partial charge >= 0.3 is 0 Å². The first kappa shape index (κ1) is 27.4. The summed E-state index contributed by atoms with van der Waals surface area (Å²) in [5.74, 6) is 0.623. The molecule has 0 spiro atoms. The molecule has 2 aromatic rings. The van der Waals surface area contributed by atoms with Crippen LogP contribution in [0.1, 0.15) is 46.6 Å². The number of piperazine rings is 1. The number of ether oxygens (including phenoxy) is 2. The van der Waals surface area contributed by atoms with Gasteiger partial charge in [-0.3, -0.25) is 4.90 Å². The second kappa shape index (κ2) is 12.2. The van der Waals surface area contributed by atoms with Crippen LogP contribution in [0.4, 0.5) is 10.1 Å². The minimum atomic E-state index is -0.531. The monoisotopic (exact) mass is 486 g/mol. The Hall–Kier alpha value is -2.15. The van der Waals surface area contributed by atoms with E-state index in [0.29, 0.717) is 26.4 Å². The fraction of sp³-hybridized carbons (Fsp3) is 0.586. The lowest BCUT2D eigenvalue weighted by molar-refractivity contribution is 0.00718. The predicted octanol–water partition coefficient (Wildman–Crippen LogP) is 5.12. The summed E-state index contributed by atoms with van der Waals surface area (Å²) in [4.78, 5) is 4.49. The molecule has 0 amide bonds. The van der Waals surface area contributed by atoms with Crippen LogP contribution in [-0.2, 0) is 10.2 Å². The van der Waals surface area contributed by atoms with E-state index in [-0.39, 0.29) is 16.6 Å². The van der Waals surface area contributed by atoms with Gasteiger partial charge in [-0.15, -0.1) is 0 Å². The van der Waals surface area contributed by atoms with E-state index in [0.717, 1.165) is 44.0 Å². The van der Waals surface area contributed by atoms with Crippen molar-refractivity contribution in [2.24, 2.45) is 5.41 Å². The standard InChI is InChI=1S/C29H43FN2O3/c1-28(2,3)22-29(4,5)23-6-12-27(13-7-23)35-19-18-34-21-26(33)20-31-14-16-32(17-15-31)25-10-8-24(30)9-11-25/h6-13,26,33H,14-22H2,1-5H3. The quantitative estimate of drug-likeness (QED) is 0.447. The minimum Gasteiger partial charge on any atom is -0.491 e. The number of β-amino-alcohol motifs (C(OH)–C–C–N with tert-alkyl or cyclic N) is 1. The summed E-state index contributed by atoms with van der Waals surface area (Å²) in [5.41, 5.74) is 2.75. The maximum Gasteiger partial charge on any atom is 0.123 e. The molecule has 1 aliphatic heterocycles. The smallest absolute Gasteiger partial charge is 0.123 e. The fourth-order valence-electron chi connectivity index (χ4n) is 5.06. The topological polar surface area (TPSA) is 45.2 Å². The Kier molecular flexibility index (Phi) is 9.56. The van der Waals surface area contributed by atoms with Crippen LogP contribution in [0.2, 0.25) is 0 Å². The van der Waals surface area contributed by atoms with Crippen LogP contribution in [0.25, 0.3) is 0 Å². The molecular formula is C29H43FN2O3. The molecule has 0 aromatic heterocycles. The number of rotatable bonds is 11. The summed E-state index contributed by atoms with van der Waals surface area (Å²) < 4.78 is 24.6. The maximum absolute atomic E-state index is 13.1. The average Bonchev–Trinajstić information content (AvgIpc) is 2.79. The molecule has 0 bridgehead atoms. The van der Waals surface area contributed by atoms with E-state index in [9.17, 15) is 9.50 Å². The molecule has 6 heteroatoms. The van der Waals surface area contributed by atoms with Gasteiger partial charge in [0, 0.05) is 38.4 Å². The Bertz CT molecular complexity index is 886. The Labute approximate surface area is 210 Å². The highest BCUT2D eigenvalue weighted by Crippen LogP contribution is 2.36. The van der Waals surface area contributed by atoms with Gasteiger partial charge in [-0.25, -0.2) is 4.39 Å². The van der Waals surface area contributed by atoms with Crippen molar-refractivity contribution in [2.45, 2.75) is 52.6 Å². The number of hydrogen-bond donors (Lipinski definition) is 1. The maximum atomic E-state index is 13.1. The molecule has 1 atom stereocenters. The van der Waals surface area contributed by atoms with Gasteiger partial charge in [0.2, 0.25) is 0 Å². The van der Waals surface area contributed by atoms with Crippen LogP contribution in [0.15, 0.2) is 48.5 Å². The lowest BCUT2D eigenvalue weighted by Gasteiger charge is -2.36. The molecule has 3 rings (SSSR count). The van der Waals surface area contributed by atoms with E-state index >= 15 is 0 Å². The molecule has 0 aliphatic carbocycles. The van der Waals surface area contributed by atoms with Gasteiger partial charge in [0.05, 0.1) is 19.3 Å². The zero-order valence-electron chi connectivity index (χ0n) is 22.1. The zero-order chi connectivity index (χ0) is 25.5. The molecule has 5 nitrogen and oxygen atoms in total. The Morgan fingerprint density at radius 1 is 0.886 bits per heavy atom. The van der Waals surface area contributed by atoms with Crippen molar-refractivity contribution in [1.29, 1.82) is 0 Å². The minimum absolute atomic E-state index is 0.115. The lowest BCUT2D eigenvalue weighted by Crippen LogP contribution is -2.49. The third kappa shape index (κ3) is 9.10. The first-order chi connectivity index (χ1) is 16.5. The summed E-state index contributed by atoms with van der Waals surface area (Å²) in [6, 6.07) is 15.0. The number of hydrogen-bond acceptors (Lipinski definition) is 5. The molecule has 35 heavy (non-hydrogen) atoms. The summed E-state index contributed by atoms with van der Waals surface area (Å²) in [7, 11) is 0. The van der Waals surface area contributed by atoms with Gasteiger partial charge in [-0.05, 0) is 59.2 Å². The molecule has 1 N–H and O–H groups in total. The van der Waals surface area contributed by atoms with Crippen LogP contribution in [0, 0.1) is 11.2 Å². The summed E-state index contributed by atoms with van der Waals surface area (Å²) in [5, 5.41) is 10.4. The molecule has 1 unspecified atom stereocenters. The van der Waals surface area contributed by atoms with Crippen molar-refractivity contribution in [3.05, 3.63) is 59.9 Å². The molecule has 2 aromatic carbocycles. The van der Waals surface area contributed by atoms with Crippen LogP contribution in [0.5, 0.6) is 5.75 Å². The molecule has 0 saturated carbocycles. The van der Waals surface area contributed by atoms with E-state index in [1.165, 1.54) is 17.7 Å². The van der Waals surface area contributed by atoms with E-state index < -0.39 is 6.10 Å². The highest BCUT2D eigenvalue weighted by molar-refractivity contribution is 5.46. The van der Waals surface area contributed by atoms with Crippen LogP contribution >= 0.6 is 0 Å². The molecule has 1 aliphatic rings. The second-order valence-corrected chi connectivity index (χ2v) is 11.5. The van der Waals surface area contributed by atoms with E-state index in [4.69, 9.17) is 9.47 Å². The molecular weight excluding hydrogens is 443 g/mol. The van der Waals surface area contributed by atoms with Crippen molar-refractivity contribution >= 4 is 5.69 Å². The predicted molar refractivity (Wildman–Crippen MR) is 141 cm³/mol. The van der Waals surface area contributed by atoms with Crippen molar-refractivity contribution in [1.82, 2.24) is 4.90 Å². The summed E-state index contributed by atoms with van der Waals surface area (Å²) >= 11 is 0. The second-order valence-electron chi connectivity index (χ2n) is 11.5. The molecule has 1 heterocycles. The highest BCUT2D eigenvalue weighted by atomic mass is 19.1. The van der Waals surface area contributed by atoms with E-state index in [2.05, 4.69) is 56.6 Å². The van der Waals surface area contributed by atoms with Crippen molar-refractivity contribution < 1.29 is 19.0 Å². The van der Waals surface area contributed by atoms with Gasteiger partial charge in [0.15, 0.2) is 0 Å². The fourth-order valence-corrected chi connectivity index (χ4v) is 5.06. The van der Waals surface area contributed by atoms with Crippen LogP contribution < -0.4 is 9.64 Å². The van der Waals surface area contributed by atoms with Crippen LogP contribution in [0.3, 0.4) is 0 Å². The number of benzene rings is 2. The first-order valence-electron chi connectivity index (χ1n) is 12.7. The Balaban J connectivity index is 1.29. The van der Waals surface area contributed by atoms with Gasteiger partial charge in [-0.2, -0.15) is 0 Å². The van der Waals surface area contributed by atoms with Gasteiger partial charge in [-0.1, -0.05) is 46.8 Å². The zero-order valence-corrected chi connectivity index (χ0v) is 22.1. The summed E-state index contributed by atoms with van der Waals surface area (Å²) in [6.45, 7) is 16.6. The summed E-state index contributed by atoms with van der Waals surface area (Å²) in [6.07, 6.45) is 0.581. The SMILES string of the molecule is CC(C)(C)CC(C)(C)c1ccc(OCCOCC(O)CN2CCN(c3ccc(F)cc3)CC2)cc1. The van der Waals surface area contributed by atoms with Crippen molar-refractivity contribution in [3.63, 3.8) is 0 Å². The van der Waals surface area contributed by atoms with E-state index in [1.54, 1.807) is 0 Å². The normalized spacial score (nSPS) is 16.4. The van der Waals surface area contributed by atoms with Gasteiger partial charge < -0.3 is 19.5 Å². The number of anilines is 1. The van der Waals surface area contributed by atoms with Gasteiger partial charge in [0.1, 0.15) is 18.2 Å². The van der Waals surface area contributed by atoms with Crippen molar-refractivity contribution in [3.8, 4) is 5.75 Å². The van der Waals surface area contributed by atoms with E-state index in [1.807, 2.05) is 24.3 Å². The molecule has 1 saturated heterocycles. The molecule has 0 radical (unpaired) electrons. The Morgan fingerprint density at radius 2 is 1.51 bits per heavy atom. The number of nitrogens with zero attached hydrogens (tertiary/aromatic N) is 2. The number of aliphatic hydroxyl groups is 1. The Morgan fingerprint density at radius 3 is 2.11 bits per heavy atom. The third-order valence-electron chi connectivity index (χ3n) is 6.45. The largest absolute Gasteiger partial charge is 0.491 e. The third-order valence-corrected chi connectivity index (χ3v) is 6.45. The van der Waals surface area contributed by atoms with Crippen molar-refractivity contribution in [2.75, 3.05) is 57.4 Å². The average molecular weight is 487 g/mol. The lowest BCUT2D eigenvalue weighted by atomic mass is 9.72. The van der Waals surface area contributed by atoms with Gasteiger partial charge in [0.25, 0.3) is 0 Å². The first-order valence-corrected chi connectivity index (χ1v) is 12.7. The van der Waals surface area contributed by atoms with Crippen LogP contribution in [-0.4, -0.2) is 68.7 Å². The molecule has 194 valence electrons. The molecule has 1 fully saturated rings. The highest BCUT2D eigenvalue weighted by Gasteiger charge is 2.27. The number of aliphatic hydroxyl groups excluding tert-OH is 1.